The van der Waals surface area contributed by atoms with Gasteiger partial charge in [-0.2, -0.15) is 0 Å². The zero-order valence-corrected chi connectivity index (χ0v) is 13.9. The Morgan fingerprint density at radius 1 is 1.26 bits per heavy atom. The van der Waals surface area contributed by atoms with Crippen molar-refractivity contribution in [1.82, 2.24) is 0 Å². The summed E-state index contributed by atoms with van der Waals surface area (Å²) in [6.45, 7) is 4.14. The quantitative estimate of drug-likeness (QED) is 0.474. The van der Waals surface area contributed by atoms with Gasteiger partial charge in [-0.3, -0.25) is 10.1 Å². The zero-order valence-electron chi connectivity index (χ0n) is 13.1. The fraction of sp³-hybridized carbons (Fsp3) is 0.333. The lowest BCUT2D eigenvalue weighted by Crippen LogP contribution is -2.29. The van der Waals surface area contributed by atoms with E-state index < -0.39 is 0 Å². The van der Waals surface area contributed by atoms with Crippen molar-refractivity contribution in [3.05, 3.63) is 67.4 Å². The monoisotopic (exact) mass is 326 g/mol. The summed E-state index contributed by atoms with van der Waals surface area (Å²) in [6.07, 6.45) is 5.29. The summed E-state index contributed by atoms with van der Waals surface area (Å²) in [7, 11) is 0. The smallest absolute Gasteiger partial charge is 0.275 e. The highest BCUT2D eigenvalue weighted by Crippen LogP contribution is 2.53. The maximum atomic E-state index is 11.5. The first-order valence-corrected chi connectivity index (χ1v) is 8.65. The number of benzene rings is 1. The van der Waals surface area contributed by atoms with Crippen LogP contribution in [0.2, 0.25) is 0 Å². The molecule has 1 N–H and O–H groups in total. The third kappa shape index (κ3) is 2.18. The van der Waals surface area contributed by atoms with E-state index in [9.17, 15) is 10.1 Å². The molecule has 2 aromatic rings. The van der Waals surface area contributed by atoms with E-state index in [4.69, 9.17) is 0 Å². The van der Waals surface area contributed by atoms with Crippen LogP contribution in [0.4, 0.5) is 11.4 Å². The molecule has 0 saturated carbocycles. The molecule has 1 aromatic heterocycles. The number of nitro groups is 1. The number of aryl methyl sites for hydroxylation is 2. The fourth-order valence-corrected chi connectivity index (χ4v) is 4.90. The Balaban J connectivity index is 1.88. The molecule has 1 aliphatic heterocycles. The first-order chi connectivity index (χ1) is 11.1. The van der Waals surface area contributed by atoms with Crippen molar-refractivity contribution in [2.75, 3.05) is 5.32 Å². The van der Waals surface area contributed by atoms with Crippen LogP contribution < -0.4 is 5.32 Å². The second-order valence-electron chi connectivity index (χ2n) is 6.37. The Kier molecular flexibility index (Phi) is 3.27. The molecule has 0 radical (unpaired) electrons. The molecule has 2 heterocycles. The van der Waals surface area contributed by atoms with E-state index in [-0.39, 0.29) is 22.6 Å². The third-order valence-corrected chi connectivity index (χ3v) is 6.05. The molecule has 118 valence electrons. The topological polar surface area (TPSA) is 55.2 Å². The van der Waals surface area contributed by atoms with E-state index in [1.807, 2.05) is 24.3 Å². The summed E-state index contributed by atoms with van der Waals surface area (Å²) in [5.74, 6) is 0.472. The minimum absolute atomic E-state index is 0.124. The van der Waals surface area contributed by atoms with E-state index in [0.29, 0.717) is 5.92 Å². The molecule has 4 nitrogen and oxygen atoms in total. The maximum absolute atomic E-state index is 11.5. The highest BCUT2D eigenvalue weighted by atomic mass is 32.1. The van der Waals surface area contributed by atoms with Crippen LogP contribution in [-0.4, -0.2) is 4.92 Å². The van der Waals surface area contributed by atoms with Crippen molar-refractivity contribution in [3.8, 4) is 0 Å². The average molecular weight is 326 g/mol. The van der Waals surface area contributed by atoms with Gasteiger partial charge in [-0.05, 0) is 43.9 Å². The summed E-state index contributed by atoms with van der Waals surface area (Å²) in [4.78, 5) is 13.8. The van der Waals surface area contributed by atoms with Gasteiger partial charge >= 0.3 is 0 Å². The molecule has 0 saturated heterocycles. The Labute approximate surface area is 139 Å². The number of hydrogen-bond acceptors (Lipinski definition) is 4. The van der Waals surface area contributed by atoms with Crippen molar-refractivity contribution in [1.29, 1.82) is 0 Å². The second-order valence-corrected chi connectivity index (χ2v) is 7.69. The lowest BCUT2D eigenvalue weighted by Gasteiger charge is -2.37. The number of nitrogens with one attached hydrogen (secondary N) is 1. The van der Waals surface area contributed by atoms with Gasteiger partial charge in [0.25, 0.3) is 5.69 Å². The minimum Gasteiger partial charge on any atom is -0.376 e. The van der Waals surface area contributed by atoms with Gasteiger partial charge in [-0.25, -0.2) is 0 Å². The molecule has 1 aliphatic carbocycles. The van der Waals surface area contributed by atoms with E-state index in [1.54, 1.807) is 6.07 Å². The number of thiophene rings is 1. The van der Waals surface area contributed by atoms with Crippen molar-refractivity contribution < 1.29 is 4.92 Å². The van der Waals surface area contributed by atoms with Crippen LogP contribution in [0.15, 0.2) is 36.4 Å². The molecular formula is C18H18N2O2S. The minimum atomic E-state index is -0.251. The molecule has 1 aromatic carbocycles. The van der Waals surface area contributed by atoms with Gasteiger partial charge in [0.1, 0.15) is 0 Å². The largest absolute Gasteiger partial charge is 0.376 e. The molecule has 0 spiro atoms. The normalized spacial score (nSPS) is 24.9. The first kappa shape index (κ1) is 14.5. The van der Waals surface area contributed by atoms with Gasteiger partial charge in [0.15, 0.2) is 0 Å². The van der Waals surface area contributed by atoms with E-state index in [1.165, 1.54) is 9.75 Å². The Bertz CT molecular complexity index is 824. The third-order valence-electron chi connectivity index (χ3n) is 4.97. The summed E-state index contributed by atoms with van der Waals surface area (Å²) in [5.41, 5.74) is 3.12. The number of fused-ring (bicyclic) bond motifs is 3. The van der Waals surface area contributed by atoms with E-state index in [2.05, 4.69) is 36.5 Å². The number of anilines is 1. The molecular weight excluding hydrogens is 308 g/mol. The van der Waals surface area contributed by atoms with Crippen molar-refractivity contribution in [2.24, 2.45) is 5.92 Å². The Morgan fingerprint density at radius 3 is 2.78 bits per heavy atom. The van der Waals surface area contributed by atoms with Crippen LogP contribution >= 0.6 is 11.3 Å². The van der Waals surface area contributed by atoms with Gasteiger partial charge in [-0.15, -0.1) is 11.3 Å². The molecule has 0 bridgehead atoms. The van der Waals surface area contributed by atoms with Crippen molar-refractivity contribution in [2.45, 2.75) is 32.2 Å². The summed E-state index contributed by atoms with van der Waals surface area (Å²) in [6, 6.07) is 8.05. The van der Waals surface area contributed by atoms with Gasteiger partial charge in [-0.1, -0.05) is 18.2 Å². The molecule has 0 amide bonds. The van der Waals surface area contributed by atoms with Crippen molar-refractivity contribution >= 4 is 22.7 Å². The SMILES string of the molecule is Cc1ccc(C2Nc3c(C)ccc([N+](=O)[O-])c3C3C=CCC32)s1. The van der Waals surface area contributed by atoms with Gasteiger partial charge in [0.2, 0.25) is 0 Å². The molecule has 5 heteroatoms. The van der Waals surface area contributed by atoms with Crippen LogP contribution in [0.25, 0.3) is 0 Å². The zero-order chi connectivity index (χ0) is 16.1. The second kappa shape index (κ2) is 5.20. The van der Waals surface area contributed by atoms with Crippen LogP contribution in [0.1, 0.15) is 39.3 Å². The van der Waals surface area contributed by atoms with Crippen LogP contribution in [-0.2, 0) is 0 Å². The predicted octanol–water partition coefficient (Wildman–Crippen LogP) is 5.10. The standard InChI is InChI=1S/C18H18N2O2S/c1-10-6-8-14(20(21)22)16-12-4-3-5-13(12)18(19-17(10)16)15-9-7-11(2)23-15/h3-4,6-9,12-13,18-19H,5H2,1-2H3. The number of nitrogens with zero attached hydrogens (tertiary/aromatic N) is 1. The van der Waals surface area contributed by atoms with E-state index in [0.717, 1.165) is 23.2 Å². The summed E-state index contributed by atoms with van der Waals surface area (Å²) in [5, 5.41) is 15.1. The molecule has 4 rings (SSSR count). The lowest BCUT2D eigenvalue weighted by atomic mass is 9.77. The fourth-order valence-electron chi connectivity index (χ4n) is 3.90. The molecule has 0 fully saturated rings. The number of allylic oxidation sites excluding steroid dienone is 2. The van der Waals surface area contributed by atoms with Crippen molar-refractivity contribution in [3.63, 3.8) is 0 Å². The molecule has 3 unspecified atom stereocenters. The number of nitro benzene ring substituents is 1. The molecule has 2 aliphatic rings. The first-order valence-electron chi connectivity index (χ1n) is 7.83. The predicted molar refractivity (Wildman–Crippen MR) is 93.2 cm³/mol. The number of rotatable bonds is 2. The average Bonchev–Trinajstić information content (AvgIpc) is 3.15. The van der Waals surface area contributed by atoms with Gasteiger partial charge in [0.05, 0.1) is 16.5 Å². The highest BCUT2D eigenvalue weighted by molar-refractivity contribution is 7.12. The van der Waals surface area contributed by atoms with Gasteiger partial charge < -0.3 is 5.32 Å². The summed E-state index contributed by atoms with van der Waals surface area (Å²) >= 11 is 1.81. The van der Waals surface area contributed by atoms with Crippen LogP contribution in [0.3, 0.4) is 0 Å². The maximum Gasteiger partial charge on any atom is 0.275 e. The highest BCUT2D eigenvalue weighted by Gasteiger charge is 2.42. The molecule has 23 heavy (non-hydrogen) atoms. The number of hydrogen-bond donors (Lipinski definition) is 1. The van der Waals surface area contributed by atoms with Crippen LogP contribution in [0.5, 0.6) is 0 Å². The van der Waals surface area contributed by atoms with Crippen LogP contribution in [0, 0.1) is 29.9 Å². The summed E-state index contributed by atoms with van der Waals surface area (Å²) < 4.78 is 0. The Morgan fingerprint density at radius 2 is 2.09 bits per heavy atom. The van der Waals surface area contributed by atoms with E-state index >= 15 is 0 Å². The Hall–Kier alpha value is -2.14. The lowest BCUT2D eigenvalue weighted by molar-refractivity contribution is -0.385. The molecule has 3 atom stereocenters. The van der Waals surface area contributed by atoms with Gasteiger partial charge in [0, 0.05) is 27.4 Å².